The molecule has 0 aromatic heterocycles. The Morgan fingerprint density at radius 3 is 2.33 bits per heavy atom. The summed E-state index contributed by atoms with van der Waals surface area (Å²) >= 11 is 5.98. The molecule has 0 aliphatic carbocycles. The molecule has 0 N–H and O–H groups in total. The van der Waals surface area contributed by atoms with Gasteiger partial charge in [0.25, 0.3) is 0 Å². The lowest BCUT2D eigenvalue weighted by molar-refractivity contribution is 0.196. The average Bonchev–Trinajstić information content (AvgIpc) is 2.38. The summed E-state index contributed by atoms with van der Waals surface area (Å²) < 4.78 is 11.7. The predicted octanol–water partition coefficient (Wildman–Crippen LogP) is 3.96. The lowest BCUT2D eigenvalue weighted by Gasteiger charge is -2.16. The normalized spacial score (nSPS) is 11.1. The first-order valence-corrected chi connectivity index (χ1v) is 8.87. The minimum Gasteiger partial charge on any atom is -0.397 e. The fraction of sp³-hybridized carbons (Fsp3) is 0.571. The summed E-state index contributed by atoms with van der Waals surface area (Å²) in [7, 11) is -1.50. The van der Waals surface area contributed by atoms with Crippen molar-refractivity contribution in [2.45, 2.75) is 39.2 Å². The van der Waals surface area contributed by atoms with Gasteiger partial charge in [0.1, 0.15) is 0 Å². The molecule has 102 valence electrons. The molecule has 0 aliphatic heterocycles. The minimum atomic E-state index is -1.50. The molecule has 0 saturated carbocycles. The Kier molecular flexibility index (Phi) is 8.34. The Morgan fingerprint density at radius 1 is 1.11 bits per heavy atom. The van der Waals surface area contributed by atoms with Gasteiger partial charge in [0, 0.05) is 18.2 Å². The smallest absolute Gasteiger partial charge is 0.321 e. The van der Waals surface area contributed by atoms with Crippen molar-refractivity contribution in [3.05, 3.63) is 34.9 Å². The Morgan fingerprint density at radius 2 is 1.78 bits per heavy atom. The molecule has 2 nitrogen and oxygen atoms in total. The number of rotatable bonds is 9. The van der Waals surface area contributed by atoms with E-state index in [0.29, 0.717) is 0 Å². The van der Waals surface area contributed by atoms with Crippen LogP contribution in [0.4, 0.5) is 0 Å². The van der Waals surface area contributed by atoms with E-state index < -0.39 is 9.28 Å². The molecule has 0 radical (unpaired) electrons. The maximum Gasteiger partial charge on any atom is 0.321 e. The summed E-state index contributed by atoms with van der Waals surface area (Å²) in [4.78, 5) is 0. The van der Waals surface area contributed by atoms with Crippen LogP contribution in [0.25, 0.3) is 0 Å². The molecule has 1 aromatic carbocycles. The summed E-state index contributed by atoms with van der Waals surface area (Å²) in [5, 5.41) is 0.801. The van der Waals surface area contributed by atoms with Crippen LogP contribution >= 0.6 is 11.6 Å². The van der Waals surface area contributed by atoms with Crippen molar-refractivity contribution >= 4 is 20.9 Å². The molecule has 0 aliphatic rings. The number of benzene rings is 1. The molecule has 0 bridgehead atoms. The number of halogens is 1. The first kappa shape index (κ1) is 15.7. The molecule has 18 heavy (non-hydrogen) atoms. The third kappa shape index (κ3) is 6.54. The van der Waals surface area contributed by atoms with Crippen LogP contribution in [-0.2, 0) is 15.3 Å². The van der Waals surface area contributed by atoms with Crippen LogP contribution in [0.5, 0.6) is 0 Å². The third-order valence-corrected chi connectivity index (χ3v) is 4.78. The highest BCUT2D eigenvalue weighted by molar-refractivity contribution is 6.44. The molecule has 0 amide bonds. The van der Waals surface area contributed by atoms with E-state index in [9.17, 15) is 0 Å². The summed E-state index contributed by atoms with van der Waals surface area (Å²) in [6.45, 7) is 5.89. The molecule has 0 fully saturated rings. The van der Waals surface area contributed by atoms with Crippen molar-refractivity contribution in [2.75, 3.05) is 13.2 Å². The van der Waals surface area contributed by atoms with Gasteiger partial charge in [-0.2, -0.15) is 0 Å². The average molecular weight is 287 g/mol. The summed E-state index contributed by atoms with van der Waals surface area (Å²) in [6.07, 6.45) is 3.09. The second kappa shape index (κ2) is 9.56. The van der Waals surface area contributed by atoms with E-state index in [4.69, 9.17) is 20.5 Å². The molecule has 0 saturated heterocycles. The zero-order valence-corrected chi connectivity index (χ0v) is 13.2. The second-order valence-electron chi connectivity index (χ2n) is 4.34. The van der Waals surface area contributed by atoms with Gasteiger partial charge >= 0.3 is 9.28 Å². The highest BCUT2D eigenvalue weighted by Crippen LogP contribution is 2.14. The standard InChI is InChI=1S/C14H23ClO2Si/c1-3-9-16-18(17-10-4-2)11-8-13-6-5-7-14(15)12-13/h5-7,12,18H,3-4,8-11H2,1-2H3. The minimum absolute atomic E-state index is 0.801. The number of hydrogen-bond acceptors (Lipinski definition) is 2. The molecular weight excluding hydrogens is 264 g/mol. The first-order valence-electron chi connectivity index (χ1n) is 6.74. The highest BCUT2D eigenvalue weighted by Gasteiger charge is 2.13. The monoisotopic (exact) mass is 286 g/mol. The van der Waals surface area contributed by atoms with Crippen LogP contribution in [0.15, 0.2) is 24.3 Å². The predicted molar refractivity (Wildman–Crippen MR) is 79.6 cm³/mol. The SMILES string of the molecule is CCCO[SiH](CCc1cccc(Cl)c1)OCCC. The third-order valence-electron chi connectivity index (χ3n) is 2.57. The van der Waals surface area contributed by atoms with Gasteiger partial charge in [-0.15, -0.1) is 0 Å². The molecule has 0 atom stereocenters. The van der Waals surface area contributed by atoms with Crippen LogP contribution in [0.1, 0.15) is 32.3 Å². The molecule has 0 unspecified atom stereocenters. The van der Waals surface area contributed by atoms with Crippen LogP contribution in [0.2, 0.25) is 11.1 Å². The maximum atomic E-state index is 5.98. The molecular formula is C14H23ClO2Si. The number of aryl methyl sites for hydroxylation is 1. The molecule has 1 aromatic rings. The van der Waals surface area contributed by atoms with Gasteiger partial charge in [0.05, 0.1) is 0 Å². The quantitative estimate of drug-likeness (QED) is 0.640. The lowest BCUT2D eigenvalue weighted by Crippen LogP contribution is -2.24. The maximum absolute atomic E-state index is 5.98. The molecule has 0 heterocycles. The van der Waals surface area contributed by atoms with Crippen molar-refractivity contribution in [3.63, 3.8) is 0 Å². The van der Waals surface area contributed by atoms with Gasteiger partial charge in [0.2, 0.25) is 0 Å². The first-order chi connectivity index (χ1) is 8.76. The highest BCUT2D eigenvalue weighted by atomic mass is 35.5. The second-order valence-corrected chi connectivity index (χ2v) is 6.88. The Bertz CT molecular complexity index is 325. The van der Waals surface area contributed by atoms with Gasteiger partial charge in [0.15, 0.2) is 0 Å². The summed E-state index contributed by atoms with van der Waals surface area (Å²) in [5.41, 5.74) is 1.26. The van der Waals surface area contributed by atoms with Gasteiger partial charge in [-0.1, -0.05) is 37.6 Å². The van der Waals surface area contributed by atoms with Gasteiger partial charge < -0.3 is 8.85 Å². The molecule has 0 spiro atoms. The van der Waals surface area contributed by atoms with E-state index in [1.807, 2.05) is 18.2 Å². The van der Waals surface area contributed by atoms with Crippen LogP contribution in [0, 0.1) is 0 Å². The largest absolute Gasteiger partial charge is 0.397 e. The number of hydrogen-bond donors (Lipinski definition) is 0. The van der Waals surface area contributed by atoms with E-state index >= 15 is 0 Å². The van der Waals surface area contributed by atoms with Crippen molar-refractivity contribution < 1.29 is 8.85 Å². The summed E-state index contributed by atoms with van der Waals surface area (Å²) in [5.74, 6) is 0. The van der Waals surface area contributed by atoms with Crippen molar-refractivity contribution in [3.8, 4) is 0 Å². The van der Waals surface area contributed by atoms with Crippen molar-refractivity contribution in [1.82, 2.24) is 0 Å². The Hall–Kier alpha value is -0.353. The zero-order chi connectivity index (χ0) is 13.2. The Labute approximate surface area is 117 Å². The van der Waals surface area contributed by atoms with E-state index in [2.05, 4.69) is 19.9 Å². The Balaban J connectivity index is 2.39. The topological polar surface area (TPSA) is 18.5 Å². The van der Waals surface area contributed by atoms with E-state index in [-0.39, 0.29) is 0 Å². The fourth-order valence-electron chi connectivity index (χ4n) is 1.69. The fourth-order valence-corrected chi connectivity index (χ4v) is 3.90. The zero-order valence-electron chi connectivity index (χ0n) is 11.3. The van der Waals surface area contributed by atoms with Gasteiger partial charge in [-0.25, -0.2) is 0 Å². The summed E-state index contributed by atoms with van der Waals surface area (Å²) in [6, 6.07) is 9.04. The molecule has 1 rings (SSSR count). The van der Waals surface area contributed by atoms with Crippen LogP contribution in [0.3, 0.4) is 0 Å². The molecule has 4 heteroatoms. The van der Waals surface area contributed by atoms with Crippen molar-refractivity contribution in [2.24, 2.45) is 0 Å². The van der Waals surface area contributed by atoms with Crippen LogP contribution < -0.4 is 0 Å². The van der Waals surface area contributed by atoms with Crippen molar-refractivity contribution in [1.29, 1.82) is 0 Å². The van der Waals surface area contributed by atoms with Gasteiger partial charge in [-0.3, -0.25) is 0 Å². The van der Waals surface area contributed by atoms with Gasteiger partial charge in [-0.05, 0) is 43.0 Å². The van der Waals surface area contributed by atoms with Crippen LogP contribution in [-0.4, -0.2) is 22.5 Å². The van der Waals surface area contributed by atoms with E-state index in [1.165, 1.54) is 5.56 Å². The lowest BCUT2D eigenvalue weighted by atomic mass is 10.2. The van der Waals surface area contributed by atoms with E-state index in [0.717, 1.165) is 43.5 Å². The van der Waals surface area contributed by atoms with E-state index in [1.54, 1.807) is 0 Å².